The summed E-state index contributed by atoms with van der Waals surface area (Å²) in [7, 11) is 0. The van der Waals surface area contributed by atoms with Crippen LogP contribution in [0, 0.1) is 5.82 Å². The number of aromatic nitrogens is 1. The lowest BCUT2D eigenvalue weighted by Crippen LogP contribution is -2.39. The van der Waals surface area contributed by atoms with Crippen LogP contribution >= 0.6 is 34.7 Å². The highest BCUT2D eigenvalue weighted by atomic mass is 35.5. The van der Waals surface area contributed by atoms with Gasteiger partial charge in [0.05, 0.1) is 23.7 Å². The summed E-state index contributed by atoms with van der Waals surface area (Å²) in [5.41, 5.74) is 0.318. The van der Waals surface area contributed by atoms with Crippen LogP contribution in [0.25, 0.3) is 10.2 Å². The third kappa shape index (κ3) is 5.96. The highest BCUT2D eigenvalue weighted by Gasteiger charge is 2.21. The zero-order valence-corrected chi connectivity index (χ0v) is 19.3. The van der Waals surface area contributed by atoms with Crippen LogP contribution in [-0.4, -0.2) is 60.9 Å². The maximum Gasteiger partial charge on any atom is 0.239 e. The summed E-state index contributed by atoms with van der Waals surface area (Å²) in [6.07, 6.45) is 0.815. The second kappa shape index (κ2) is 10.7. The van der Waals surface area contributed by atoms with Crippen LogP contribution in [0.1, 0.15) is 6.42 Å². The van der Waals surface area contributed by atoms with Crippen LogP contribution in [0.2, 0.25) is 5.02 Å². The first-order valence-electron chi connectivity index (χ1n) is 10.1. The Morgan fingerprint density at radius 2 is 2.00 bits per heavy atom. The molecule has 0 spiro atoms. The van der Waals surface area contributed by atoms with Gasteiger partial charge in [0, 0.05) is 36.1 Å². The minimum atomic E-state index is -0.365. The Kier molecular flexibility index (Phi) is 7.79. The van der Waals surface area contributed by atoms with Crippen LogP contribution in [0.15, 0.2) is 47.4 Å². The average molecular weight is 480 g/mol. The van der Waals surface area contributed by atoms with Crippen molar-refractivity contribution in [2.24, 2.45) is 0 Å². The number of thiazole rings is 1. The van der Waals surface area contributed by atoms with Gasteiger partial charge in [0.15, 0.2) is 5.13 Å². The number of fused-ring (bicyclic) bond motifs is 1. The van der Waals surface area contributed by atoms with E-state index < -0.39 is 0 Å². The molecule has 1 aromatic heterocycles. The van der Waals surface area contributed by atoms with Crippen molar-refractivity contribution in [3.05, 3.63) is 53.3 Å². The van der Waals surface area contributed by atoms with E-state index >= 15 is 0 Å². The predicted molar refractivity (Wildman–Crippen MR) is 126 cm³/mol. The summed E-state index contributed by atoms with van der Waals surface area (Å²) in [6.45, 7) is 4.74. The third-order valence-corrected chi connectivity index (χ3v) is 7.32. The molecule has 1 amide bonds. The number of amides is 1. The molecule has 1 fully saturated rings. The summed E-state index contributed by atoms with van der Waals surface area (Å²) in [5, 5.41) is 1.21. The molecule has 1 aliphatic heterocycles. The van der Waals surface area contributed by atoms with Gasteiger partial charge in [-0.25, -0.2) is 9.37 Å². The van der Waals surface area contributed by atoms with Gasteiger partial charge in [-0.1, -0.05) is 29.0 Å². The van der Waals surface area contributed by atoms with Crippen LogP contribution in [0.5, 0.6) is 0 Å². The molecule has 31 heavy (non-hydrogen) atoms. The van der Waals surface area contributed by atoms with Gasteiger partial charge in [-0.15, -0.1) is 11.8 Å². The molecule has 0 N–H and O–H groups in total. The van der Waals surface area contributed by atoms with Crippen molar-refractivity contribution < 1.29 is 13.9 Å². The van der Waals surface area contributed by atoms with Crippen LogP contribution in [0.3, 0.4) is 0 Å². The highest BCUT2D eigenvalue weighted by Crippen LogP contribution is 2.31. The van der Waals surface area contributed by atoms with Crippen molar-refractivity contribution in [2.75, 3.05) is 50.0 Å². The van der Waals surface area contributed by atoms with Crippen LogP contribution in [0.4, 0.5) is 9.52 Å². The fourth-order valence-corrected chi connectivity index (χ4v) is 5.30. The second-order valence-corrected chi connectivity index (χ2v) is 9.67. The fraction of sp³-hybridized carbons (Fsp3) is 0.364. The first kappa shape index (κ1) is 22.5. The molecule has 1 saturated heterocycles. The first-order valence-corrected chi connectivity index (χ1v) is 12.3. The number of carbonyl (C=O) groups excluding carboxylic acids is 1. The molecule has 0 radical (unpaired) electrons. The lowest BCUT2D eigenvalue weighted by Gasteiger charge is -2.27. The Hall–Kier alpha value is -1.71. The lowest BCUT2D eigenvalue weighted by molar-refractivity contribution is -0.116. The smallest absolute Gasteiger partial charge is 0.239 e. The second-order valence-electron chi connectivity index (χ2n) is 7.18. The maximum absolute atomic E-state index is 14.2. The van der Waals surface area contributed by atoms with Crippen LogP contribution in [-0.2, 0) is 9.53 Å². The number of hydrogen-bond donors (Lipinski definition) is 0. The SMILES string of the molecule is O=C(CSc1ccc(Cl)cc1)N(CCCN1CCOCC1)c1nc2c(F)cccc2s1. The number of benzene rings is 2. The Balaban J connectivity index is 1.47. The number of halogens is 2. The molecule has 3 aromatic rings. The van der Waals surface area contributed by atoms with Crippen LogP contribution < -0.4 is 4.90 Å². The van der Waals surface area contributed by atoms with E-state index in [1.54, 1.807) is 11.0 Å². The molecule has 4 rings (SSSR count). The Morgan fingerprint density at radius 1 is 1.23 bits per heavy atom. The van der Waals surface area contributed by atoms with E-state index in [9.17, 15) is 9.18 Å². The van der Waals surface area contributed by atoms with Gasteiger partial charge in [-0.05, 0) is 42.8 Å². The minimum absolute atomic E-state index is 0.0404. The molecule has 0 saturated carbocycles. The number of para-hydroxylation sites is 1. The molecular weight excluding hydrogens is 457 g/mol. The quantitative estimate of drug-likeness (QED) is 0.428. The highest BCUT2D eigenvalue weighted by molar-refractivity contribution is 8.00. The Labute approximate surface area is 194 Å². The van der Waals surface area contributed by atoms with Gasteiger partial charge in [0.2, 0.25) is 5.91 Å². The van der Waals surface area contributed by atoms with Gasteiger partial charge in [-0.3, -0.25) is 14.6 Å². The number of morpholine rings is 1. The van der Waals surface area contributed by atoms with E-state index in [4.69, 9.17) is 16.3 Å². The van der Waals surface area contributed by atoms with Gasteiger partial charge in [-0.2, -0.15) is 0 Å². The lowest BCUT2D eigenvalue weighted by atomic mass is 10.3. The van der Waals surface area contributed by atoms with E-state index in [1.807, 2.05) is 30.3 Å². The topological polar surface area (TPSA) is 45.7 Å². The van der Waals surface area contributed by atoms with E-state index in [1.165, 1.54) is 29.2 Å². The largest absolute Gasteiger partial charge is 0.379 e. The standard InChI is InChI=1S/C22H23ClFN3O2S2/c23-16-5-7-17(8-6-16)30-15-20(28)27(10-2-9-26-11-13-29-14-12-26)22-25-21-18(24)3-1-4-19(21)31-22/h1,3-8H,2,9-15H2. The van der Waals surface area contributed by atoms with Crippen molar-refractivity contribution in [1.82, 2.24) is 9.88 Å². The number of thioether (sulfide) groups is 1. The fourth-order valence-electron chi connectivity index (χ4n) is 3.38. The number of nitrogens with zero attached hydrogens (tertiary/aromatic N) is 3. The Morgan fingerprint density at radius 3 is 2.74 bits per heavy atom. The number of hydrogen-bond acceptors (Lipinski definition) is 6. The summed E-state index contributed by atoms with van der Waals surface area (Å²) in [6, 6.07) is 12.3. The molecule has 9 heteroatoms. The Bertz CT molecular complexity index is 1030. The molecule has 0 unspecified atom stereocenters. The summed E-state index contributed by atoms with van der Waals surface area (Å²) in [4.78, 5) is 22.6. The molecular formula is C22H23ClFN3O2S2. The minimum Gasteiger partial charge on any atom is -0.379 e. The number of ether oxygens (including phenoxy) is 1. The van der Waals surface area contributed by atoms with E-state index in [0.717, 1.165) is 48.9 Å². The molecule has 164 valence electrons. The summed E-state index contributed by atoms with van der Waals surface area (Å²) < 4.78 is 20.3. The number of rotatable bonds is 8. The molecule has 0 bridgehead atoms. The summed E-state index contributed by atoms with van der Waals surface area (Å²) >= 11 is 8.75. The summed E-state index contributed by atoms with van der Waals surface area (Å²) in [5.74, 6) is -0.130. The molecule has 2 aromatic carbocycles. The van der Waals surface area contributed by atoms with Gasteiger partial charge < -0.3 is 4.74 Å². The van der Waals surface area contributed by atoms with Crippen molar-refractivity contribution in [3.63, 3.8) is 0 Å². The van der Waals surface area contributed by atoms with E-state index in [2.05, 4.69) is 9.88 Å². The van der Waals surface area contributed by atoms with Gasteiger partial charge in [0.25, 0.3) is 0 Å². The molecule has 0 atom stereocenters. The molecule has 2 heterocycles. The third-order valence-electron chi connectivity index (χ3n) is 5.03. The average Bonchev–Trinajstić information content (AvgIpc) is 3.22. The van der Waals surface area contributed by atoms with E-state index in [0.29, 0.717) is 22.2 Å². The van der Waals surface area contributed by atoms with Crippen molar-refractivity contribution in [2.45, 2.75) is 11.3 Å². The first-order chi connectivity index (χ1) is 15.1. The van der Waals surface area contributed by atoms with Gasteiger partial charge >= 0.3 is 0 Å². The zero-order chi connectivity index (χ0) is 21.6. The predicted octanol–water partition coefficient (Wildman–Crippen LogP) is 4.94. The monoisotopic (exact) mass is 479 g/mol. The van der Waals surface area contributed by atoms with Gasteiger partial charge in [0.1, 0.15) is 11.3 Å². The molecule has 5 nitrogen and oxygen atoms in total. The van der Waals surface area contributed by atoms with E-state index in [-0.39, 0.29) is 17.5 Å². The number of carbonyl (C=O) groups is 1. The van der Waals surface area contributed by atoms with Crippen molar-refractivity contribution in [3.8, 4) is 0 Å². The molecule has 0 aliphatic carbocycles. The zero-order valence-electron chi connectivity index (χ0n) is 16.9. The maximum atomic E-state index is 14.2. The number of anilines is 1. The molecule has 1 aliphatic rings. The normalized spacial score (nSPS) is 14.8. The van der Waals surface area contributed by atoms with Crippen molar-refractivity contribution in [1.29, 1.82) is 0 Å². The van der Waals surface area contributed by atoms with Crippen molar-refractivity contribution >= 4 is 56.0 Å².